The van der Waals surface area contributed by atoms with Crippen molar-refractivity contribution < 1.29 is 89.3 Å². The minimum absolute atomic E-state index is 0.436. The monoisotopic (exact) mass is 576 g/mol. The number of aliphatic hydroxyl groups excluding tert-OH is 11. The van der Waals surface area contributed by atoms with Crippen LogP contribution < -0.4 is 0 Å². The van der Waals surface area contributed by atoms with Crippen LogP contribution in [0.15, 0.2) is 0 Å². The van der Waals surface area contributed by atoms with Gasteiger partial charge >= 0.3 is 0 Å². The van der Waals surface area contributed by atoms with Crippen LogP contribution in [0.3, 0.4) is 0 Å². The van der Waals surface area contributed by atoms with Crippen LogP contribution in [-0.2, 0) is 33.2 Å². The van der Waals surface area contributed by atoms with Gasteiger partial charge in [0.15, 0.2) is 25.2 Å². The van der Waals surface area contributed by atoms with Crippen molar-refractivity contribution in [1.82, 2.24) is 0 Å². The topological polar surface area (TPSA) is 287 Å². The van der Waals surface area contributed by atoms with E-state index in [2.05, 4.69) is 0 Å². The van der Waals surface area contributed by atoms with Crippen LogP contribution >= 0.6 is 0 Å². The second-order valence-corrected chi connectivity index (χ2v) is 9.80. The molecule has 17 atom stereocenters. The normalized spacial score (nSPS) is 53.5. The Balaban J connectivity index is 1.54. The molecule has 0 aliphatic carbocycles. The van der Waals surface area contributed by atoms with E-state index >= 15 is 0 Å². The van der Waals surface area contributed by atoms with Gasteiger partial charge in [-0.3, -0.25) is 0 Å². The van der Waals surface area contributed by atoms with Crippen LogP contribution in [0.2, 0.25) is 0 Å². The summed E-state index contributed by atoms with van der Waals surface area (Å²) < 4.78 is 37.8. The molecule has 0 aromatic carbocycles. The van der Waals surface area contributed by atoms with Gasteiger partial charge in [-0.1, -0.05) is 0 Å². The zero-order valence-corrected chi connectivity index (χ0v) is 20.4. The van der Waals surface area contributed by atoms with Crippen molar-refractivity contribution in [3.8, 4) is 0 Å². The van der Waals surface area contributed by atoms with E-state index in [1.165, 1.54) is 0 Å². The molecule has 11 N–H and O–H groups in total. The Kier molecular flexibility index (Phi) is 10.5. The van der Waals surface area contributed by atoms with Crippen LogP contribution in [0.5, 0.6) is 0 Å². The number of rotatable bonds is 7. The average molecular weight is 577 g/mol. The van der Waals surface area contributed by atoms with Gasteiger partial charge in [-0.05, 0) is 0 Å². The smallest absolute Gasteiger partial charge is 0.187 e. The predicted octanol–water partition coefficient (Wildman–Crippen LogP) is -7.83. The van der Waals surface area contributed by atoms with Gasteiger partial charge in [-0.2, -0.15) is 0 Å². The molecule has 4 heterocycles. The van der Waals surface area contributed by atoms with Crippen LogP contribution in [0.1, 0.15) is 0 Å². The van der Waals surface area contributed by atoms with E-state index in [4.69, 9.17) is 33.2 Å². The summed E-state index contributed by atoms with van der Waals surface area (Å²) in [5.41, 5.74) is 0. The molecule has 228 valence electrons. The van der Waals surface area contributed by atoms with Crippen molar-refractivity contribution in [3.63, 3.8) is 0 Å². The Morgan fingerprint density at radius 2 is 0.974 bits per heavy atom. The van der Waals surface area contributed by atoms with E-state index in [1.54, 1.807) is 0 Å². The Hall–Kier alpha value is -0.720. The lowest BCUT2D eigenvalue weighted by Crippen LogP contribution is -2.66. The van der Waals surface area contributed by atoms with Gasteiger partial charge in [0, 0.05) is 0 Å². The van der Waals surface area contributed by atoms with Crippen molar-refractivity contribution >= 4 is 0 Å². The van der Waals surface area contributed by atoms with Crippen LogP contribution in [-0.4, -0.2) is 187 Å². The Bertz CT molecular complexity index is 777. The maximum Gasteiger partial charge on any atom is 0.187 e. The average Bonchev–Trinajstić information content (AvgIpc) is 2.91. The zero-order chi connectivity index (χ0) is 28.6. The lowest BCUT2D eigenvalue weighted by atomic mass is 9.97. The number of aliphatic hydroxyl groups is 11. The summed E-state index contributed by atoms with van der Waals surface area (Å²) in [5.74, 6) is 0. The van der Waals surface area contributed by atoms with Crippen molar-refractivity contribution in [3.05, 3.63) is 0 Å². The first-order valence-electron chi connectivity index (χ1n) is 12.3. The van der Waals surface area contributed by atoms with E-state index in [-0.39, 0.29) is 0 Å². The first-order chi connectivity index (χ1) is 18.4. The standard InChI is InChI=1S/C21H36O18/c22-1-8-11(28)12(29)16(38-19-13(30)9(26)5(23)2-34-19)21(36-8)37-15-7(25)4-33-18(32)17(15)39-20-14(31)10(27)6(24)3-35-20/h5-32H,1-4H2/t5-,6-,7+,8-,9+,10+,11-,12+,13-,14-,15+,16-,17-,18-,19+,20+,21+/m1/s1. The Labute approximate surface area is 221 Å². The first kappa shape index (κ1) is 31.2. The number of hydrogen-bond acceptors (Lipinski definition) is 18. The zero-order valence-electron chi connectivity index (χ0n) is 20.4. The molecule has 4 aliphatic heterocycles. The van der Waals surface area contributed by atoms with Crippen molar-refractivity contribution in [2.24, 2.45) is 0 Å². The second-order valence-electron chi connectivity index (χ2n) is 9.80. The third-order valence-corrected chi connectivity index (χ3v) is 7.03. The molecule has 0 saturated carbocycles. The summed E-state index contributed by atoms with van der Waals surface area (Å²) in [4.78, 5) is 0. The molecule has 0 unspecified atom stereocenters. The fourth-order valence-corrected chi connectivity index (χ4v) is 4.65. The summed E-state index contributed by atoms with van der Waals surface area (Å²) in [5, 5.41) is 111. The quantitative estimate of drug-likeness (QED) is 0.134. The highest BCUT2D eigenvalue weighted by Gasteiger charge is 2.53. The Morgan fingerprint density at radius 3 is 1.51 bits per heavy atom. The largest absolute Gasteiger partial charge is 0.394 e. The Morgan fingerprint density at radius 1 is 0.487 bits per heavy atom. The third kappa shape index (κ3) is 6.53. The fourth-order valence-electron chi connectivity index (χ4n) is 4.65. The molecule has 39 heavy (non-hydrogen) atoms. The molecule has 0 radical (unpaired) electrons. The maximum absolute atomic E-state index is 10.7. The van der Waals surface area contributed by atoms with E-state index in [9.17, 15) is 56.2 Å². The summed E-state index contributed by atoms with van der Waals surface area (Å²) >= 11 is 0. The molecule has 0 aromatic rings. The van der Waals surface area contributed by atoms with Gasteiger partial charge in [0.1, 0.15) is 79.4 Å². The van der Waals surface area contributed by atoms with Gasteiger partial charge in [-0.25, -0.2) is 0 Å². The lowest BCUT2D eigenvalue weighted by Gasteiger charge is -2.47. The van der Waals surface area contributed by atoms with E-state index < -0.39 is 131 Å². The van der Waals surface area contributed by atoms with Crippen LogP contribution in [0.4, 0.5) is 0 Å². The van der Waals surface area contributed by atoms with E-state index in [1.807, 2.05) is 0 Å². The summed E-state index contributed by atoms with van der Waals surface area (Å²) in [6.45, 7) is -2.16. The minimum atomic E-state index is -1.85. The maximum atomic E-state index is 10.7. The van der Waals surface area contributed by atoms with Gasteiger partial charge in [0.2, 0.25) is 0 Å². The fraction of sp³-hybridized carbons (Fsp3) is 1.00. The molecule has 18 heteroatoms. The predicted molar refractivity (Wildman–Crippen MR) is 116 cm³/mol. The summed E-state index contributed by atoms with van der Waals surface area (Å²) in [7, 11) is 0. The molecule has 4 saturated heterocycles. The highest BCUT2D eigenvalue weighted by atomic mass is 16.8. The second kappa shape index (κ2) is 13.1. The molecule has 0 aromatic heterocycles. The van der Waals surface area contributed by atoms with Crippen molar-refractivity contribution in [1.29, 1.82) is 0 Å². The molecule has 4 aliphatic rings. The molecule has 0 amide bonds. The SMILES string of the molecule is OC[C@H]1O[C@@H](O[C@@H]2[C@@H](O[C@@H]3OC[C@@H](O)[C@H](O)[C@H]3O)[C@H](O)OC[C@@H]2O)[C@H](O[C@@H]2OC[C@@H](O)[C@H](O)[C@H]2O)[C@@H](O)[C@@H]1O. The molecular weight excluding hydrogens is 540 g/mol. The summed E-state index contributed by atoms with van der Waals surface area (Å²) in [6.07, 6.45) is -28.0. The molecule has 4 rings (SSSR count). The van der Waals surface area contributed by atoms with Crippen LogP contribution in [0, 0.1) is 0 Å². The minimum Gasteiger partial charge on any atom is -0.394 e. The van der Waals surface area contributed by atoms with E-state index in [0.717, 1.165) is 0 Å². The van der Waals surface area contributed by atoms with E-state index in [0.29, 0.717) is 0 Å². The molecule has 18 nitrogen and oxygen atoms in total. The first-order valence-corrected chi connectivity index (χ1v) is 12.3. The number of hydrogen-bond donors (Lipinski definition) is 11. The van der Waals surface area contributed by atoms with Gasteiger partial charge in [-0.15, -0.1) is 0 Å². The number of ether oxygens (including phenoxy) is 7. The highest BCUT2D eigenvalue weighted by Crippen LogP contribution is 2.32. The molecule has 4 fully saturated rings. The van der Waals surface area contributed by atoms with Crippen LogP contribution in [0.25, 0.3) is 0 Å². The van der Waals surface area contributed by atoms with Crippen molar-refractivity contribution in [2.75, 3.05) is 26.4 Å². The molecular formula is C21H36O18. The summed E-state index contributed by atoms with van der Waals surface area (Å²) in [6, 6.07) is 0. The van der Waals surface area contributed by atoms with Gasteiger partial charge in [0.05, 0.1) is 26.4 Å². The van der Waals surface area contributed by atoms with Crippen molar-refractivity contribution in [2.45, 2.75) is 105 Å². The highest BCUT2D eigenvalue weighted by molar-refractivity contribution is 4.95. The lowest BCUT2D eigenvalue weighted by molar-refractivity contribution is -0.389. The molecule has 0 spiro atoms. The third-order valence-electron chi connectivity index (χ3n) is 7.03. The van der Waals surface area contributed by atoms with Gasteiger partial charge < -0.3 is 89.3 Å². The molecule has 0 bridgehead atoms. The van der Waals surface area contributed by atoms with Gasteiger partial charge in [0.25, 0.3) is 0 Å².